The predicted molar refractivity (Wildman–Crippen MR) is 78.6 cm³/mol. The summed E-state index contributed by atoms with van der Waals surface area (Å²) in [5.41, 5.74) is 0. The quantitative estimate of drug-likeness (QED) is 0.847. The molecule has 2 atom stereocenters. The van der Waals surface area contributed by atoms with Crippen molar-refractivity contribution in [3.63, 3.8) is 0 Å². The highest BCUT2D eigenvalue weighted by Gasteiger charge is 2.27. The number of aromatic nitrogens is 3. The molecule has 2 fully saturated rings. The summed E-state index contributed by atoms with van der Waals surface area (Å²) in [6.07, 6.45) is 9.07. The third-order valence-corrected chi connectivity index (χ3v) is 5.23. The number of carbonyl (C=O) groups excluding carboxylic acids is 1. The first-order valence-corrected chi connectivity index (χ1v) is 8.54. The molecule has 2 unspecified atom stereocenters. The van der Waals surface area contributed by atoms with Crippen molar-refractivity contribution < 1.29 is 4.79 Å². The minimum atomic E-state index is 0.124. The second-order valence-electron chi connectivity index (χ2n) is 5.98. The standard InChI is InChI=1S/C14H22N4OS/c1-10-4-2-3-5-12(10)16-13(19)8-20-14-17-15-9-18(14)11-6-7-11/h9-12H,2-8H2,1H3,(H,16,19). The highest BCUT2D eigenvalue weighted by Crippen LogP contribution is 2.37. The third kappa shape index (κ3) is 3.34. The molecule has 0 aliphatic heterocycles. The van der Waals surface area contributed by atoms with E-state index in [1.165, 1.54) is 43.9 Å². The fourth-order valence-electron chi connectivity index (χ4n) is 2.85. The number of thioether (sulfide) groups is 1. The second-order valence-corrected chi connectivity index (χ2v) is 6.92. The largest absolute Gasteiger partial charge is 0.352 e. The van der Waals surface area contributed by atoms with E-state index < -0.39 is 0 Å². The Hall–Kier alpha value is -1.04. The molecule has 0 bridgehead atoms. The Bertz CT molecular complexity index is 471. The van der Waals surface area contributed by atoms with Gasteiger partial charge in [0.1, 0.15) is 6.33 Å². The van der Waals surface area contributed by atoms with Crippen molar-refractivity contribution >= 4 is 17.7 Å². The first kappa shape index (κ1) is 13.9. The minimum Gasteiger partial charge on any atom is -0.352 e. The van der Waals surface area contributed by atoms with Gasteiger partial charge in [0.2, 0.25) is 5.91 Å². The Morgan fingerprint density at radius 3 is 2.95 bits per heavy atom. The molecule has 20 heavy (non-hydrogen) atoms. The smallest absolute Gasteiger partial charge is 0.230 e. The summed E-state index contributed by atoms with van der Waals surface area (Å²) in [6, 6.07) is 0.923. The van der Waals surface area contributed by atoms with Crippen LogP contribution in [0.25, 0.3) is 0 Å². The van der Waals surface area contributed by atoms with Crippen LogP contribution < -0.4 is 5.32 Å². The van der Waals surface area contributed by atoms with Crippen LogP contribution >= 0.6 is 11.8 Å². The molecule has 1 heterocycles. The van der Waals surface area contributed by atoms with E-state index in [2.05, 4.69) is 27.0 Å². The Labute approximate surface area is 123 Å². The van der Waals surface area contributed by atoms with E-state index >= 15 is 0 Å². The van der Waals surface area contributed by atoms with Gasteiger partial charge in [0.25, 0.3) is 0 Å². The molecule has 0 spiro atoms. The summed E-state index contributed by atoms with van der Waals surface area (Å²) in [6.45, 7) is 2.24. The molecule has 5 nitrogen and oxygen atoms in total. The van der Waals surface area contributed by atoms with Crippen molar-refractivity contribution in [3.05, 3.63) is 6.33 Å². The fraction of sp³-hybridized carbons (Fsp3) is 0.786. The molecule has 1 aromatic heterocycles. The van der Waals surface area contributed by atoms with Gasteiger partial charge in [-0.25, -0.2) is 0 Å². The van der Waals surface area contributed by atoms with Crippen LogP contribution in [0.3, 0.4) is 0 Å². The average Bonchev–Trinajstić information content (AvgIpc) is 3.18. The summed E-state index contributed by atoms with van der Waals surface area (Å²) >= 11 is 1.50. The molecule has 2 saturated carbocycles. The van der Waals surface area contributed by atoms with E-state index in [-0.39, 0.29) is 5.91 Å². The zero-order valence-electron chi connectivity index (χ0n) is 11.9. The number of rotatable bonds is 5. The number of nitrogens with zero attached hydrogens (tertiary/aromatic N) is 3. The Kier molecular flexibility index (Phi) is 4.29. The van der Waals surface area contributed by atoms with E-state index in [0.29, 0.717) is 23.8 Å². The van der Waals surface area contributed by atoms with Crippen LogP contribution in [0.5, 0.6) is 0 Å². The molecular weight excluding hydrogens is 272 g/mol. The average molecular weight is 294 g/mol. The first-order valence-electron chi connectivity index (χ1n) is 7.55. The topological polar surface area (TPSA) is 59.8 Å². The number of hydrogen-bond donors (Lipinski definition) is 1. The van der Waals surface area contributed by atoms with Gasteiger partial charge in [0.05, 0.1) is 5.75 Å². The Balaban J connectivity index is 1.47. The maximum atomic E-state index is 12.1. The molecule has 1 amide bonds. The summed E-state index contributed by atoms with van der Waals surface area (Å²) in [5.74, 6) is 1.17. The summed E-state index contributed by atoms with van der Waals surface area (Å²) in [5, 5.41) is 12.1. The minimum absolute atomic E-state index is 0.124. The van der Waals surface area contributed by atoms with Crippen LogP contribution in [0, 0.1) is 5.92 Å². The summed E-state index contributed by atoms with van der Waals surface area (Å²) in [7, 11) is 0. The van der Waals surface area contributed by atoms with E-state index in [9.17, 15) is 4.79 Å². The molecule has 3 rings (SSSR count). The number of amides is 1. The molecule has 110 valence electrons. The van der Waals surface area contributed by atoms with E-state index in [1.807, 2.05) is 0 Å². The predicted octanol–water partition coefficient (Wildman–Crippen LogP) is 2.40. The molecule has 0 radical (unpaired) electrons. The van der Waals surface area contributed by atoms with Crippen molar-refractivity contribution in [2.75, 3.05) is 5.75 Å². The van der Waals surface area contributed by atoms with Crippen LogP contribution in [-0.2, 0) is 4.79 Å². The van der Waals surface area contributed by atoms with Crippen molar-refractivity contribution in [3.8, 4) is 0 Å². The van der Waals surface area contributed by atoms with Crippen LogP contribution in [0.2, 0.25) is 0 Å². The third-order valence-electron chi connectivity index (χ3n) is 4.27. The van der Waals surface area contributed by atoms with Crippen molar-refractivity contribution in [2.24, 2.45) is 5.92 Å². The molecule has 2 aliphatic carbocycles. The van der Waals surface area contributed by atoms with Crippen LogP contribution in [0.4, 0.5) is 0 Å². The highest BCUT2D eigenvalue weighted by atomic mass is 32.2. The summed E-state index contributed by atoms with van der Waals surface area (Å²) < 4.78 is 2.10. The lowest BCUT2D eigenvalue weighted by atomic mass is 9.86. The first-order chi connectivity index (χ1) is 9.74. The SMILES string of the molecule is CC1CCCCC1NC(=O)CSc1nncn1C1CC1. The molecule has 2 aliphatic rings. The number of nitrogens with one attached hydrogen (secondary N) is 1. The van der Waals surface area contributed by atoms with E-state index in [4.69, 9.17) is 0 Å². The van der Waals surface area contributed by atoms with Gasteiger partial charge in [-0.15, -0.1) is 10.2 Å². The molecular formula is C14H22N4OS. The van der Waals surface area contributed by atoms with Gasteiger partial charge in [0.15, 0.2) is 5.16 Å². The molecule has 1 aromatic rings. The number of carbonyl (C=O) groups is 1. The van der Waals surface area contributed by atoms with Crippen molar-refractivity contribution in [2.45, 2.75) is 62.7 Å². The fourth-order valence-corrected chi connectivity index (χ4v) is 3.64. The lowest BCUT2D eigenvalue weighted by Gasteiger charge is -2.29. The second kappa shape index (κ2) is 6.16. The zero-order chi connectivity index (χ0) is 13.9. The Morgan fingerprint density at radius 1 is 1.40 bits per heavy atom. The normalized spacial score (nSPS) is 26.4. The van der Waals surface area contributed by atoms with Crippen LogP contribution in [0.1, 0.15) is 51.5 Å². The lowest BCUT2D eigenvalue weighted by Crippen LogP contribution is -2.41. The molecule has 1 N–H and O–H groups in total. The van der Waals surface area contributed by atoms with Crippen LogP contribution in [0.15, 0.2) is 11.5 Å². The van der Waals surface area contributed by atoms with Gasteiger partial charge in [-0.1, -0.05) is 31.5 Å². The monoisotopic (exact) mass is 294 g/mol. The number of hydrogen-bond acceptors (Lipinski definition) is 4. The van der Waals surface area contributed by atoms with E-state index in [1.54, 1.807) is 6.33 Å². The van der Waals surface area contributed by atoms with Crippen molar-refractivity contribution in [1.29, 1.82) is 0 Å². The molecule has 0 aromatic carbocycles. The summed E-state index contributed by atoms with van der Waals surface area (Å²) in [4.78, 5) is 12.1. The van der Waals surface area contributed by atoms with Gasteiger partial charge < -0.3 is 9.88 Å². The van der Waals surface area contributed by atoms with Gasteiger partial charge in [0, 0.05) is 12.1 Å². The molecule has 6 heteroatoms. The molecule has 0 saturated heterocycles. The van der Waals surface area contributed by atoms with Gasteiger partial charge in [-0.3, -0.25) is 4.79 Å². The van der Waals surface area contributed by atoms with Crippen LogP contribution in [-0.4, -0.2) is 32.5 Å². The maximum absolute atomic E-state index is 12.1. The van der Waals surface area contributed by atoms with Crippen molar-refractivity contribution in [1.82, 2.24) is 20.1 Å². The van der Waals surface area contributed by atoms with Gasteiger partial charge >= 0.3 is 0 Å². The van der Waals surface area contributed by atoms with Gasteiger partial charge in [-0.05, 0) is 31.6 Å². The van der Waals surface area contributed by atoms with E-state index in [0.717, 1.165) is 11.6 Å². The highest BCUT2D eigenvalue weighted by molar-refractivity contribution is 7.99. The van der Waals surface area contributed by atoms with Gasteiger partial charge in [-0.2, -0.15) is 0 Å². The zero-order valence-corrected chi connectivity index (χ0v) is 12.7. The Morgan fingerprint density at radius 2 is 2.20 bits per heavy atom. The maximum Gasteiger partial charge on any atom is 0.230 e. The lowest BCUT2D eigenvalue weighted by molar-refractivity contribution is -0.119.